The number of carbonyl (C=O) groups excluding carboxylic acids is 1. The maximum absolute atomic E-state index is 12.5. The molecule has 19 heavy (non-hydrogen) atoms. The number of hydrogen-bond acceptors (Lipinski definition) is 3. The summed E-state index contributed by atoms with van der Waals surface area (Å²) in [5.41, 5.74) is -2.37. The van der Waals surface area contributed by atoms with Crippen LogP contribution in [0.3, 0.4) is 0 Å². The fourth-order valence-corrected chi connectivity index (χ4v) is 1.67. The number of thioether (sulfide) groups is 1. The lowest BCUT2D eigenvalue weighted by molar-refractivity contribution is -0.138. The van der Waals surface area contributed by atoms with Gasteiger partial charge in [0.25, 0.3) is 5.56 Å². The van der Waals surface area contributed by atoms with E-state index >= 15 is 0 Å². The Balaban J connectivity index is 2.78. The van der Waals surface area contributed by atoms with Crippen molar-refractivity contribution in [3.63, 3.8) is 0 Å². The zero-order valence-corrected chi connectivity index (χ0v) is 10.7. The number of carbonyl (C=O) groups is 1. The first-order valence-corrected chi connectivity index (χ1v) is 6.21. The Morgan fingerprint density at radius 2 is 2.16 bits per heavy atom. The first kappa shape index (κ1) is 15.4. The van der Waals surface area contributed by atoms with Gasteiger partial charge in [0.2, 0.25) is 0 Å². The van der Waals surface area contributed by atoms with Crippen LogP contribution in [0, 0.1) is 11.8 Å². The molecule has 3 nitrogen and oxygen atoms in total. The van der Waals surface area contributed by atoms with Crippen molar-refractivity contribution in [2.45, 2.75) is 19.5 Å². The lowest BCUT2D eigenvalue weighted by atomic mass is 10.2. The van der Waals surface area contributed by atoms with Gasteiger partial charge in [-0.25, -0.2) is 0 Å². The largest absolute Gasteiger partial charge is 0.421 e. The highest BCUT2D eigenvalue weighted by atomic mass is 32.2. The summed E-state index contributed by atoms with van der Waals surface area (Å²) >= 11 is 1.10. The molecule has 0 aliphatic carbocycles. The summed E-state index contributed by atoms with van der Waals surface area (Å²) in [6.45, 7) is 1.43. The second-order valence-corrected chi connectivity index (χ2v) is 4.79. The SMILES string of the molecule is CC(=O)SCCC#Cc1c[nH]c(=O)c(C(F)(F)F)c1. The molecule has 7 heteroatoms. The van der Waals surface area contributed by atoms with Crippen molar-refractivity contribution in [1.29, 1.82) is 0 Å². The fourth-order valence-electron chi connectivity index (χ4n) is 1.18. The highest BCUT2D eigenvalue weighted by molar-refractivity contribution is 8.13. The molecule has 1 aromatic heterocycles. The first-order valence-electron chi connectivity index (χ1n) is 5.23. The summed E-state index contributed by atoms with van der Waals surface area (Å²) in [7, 11) is 0. The molecule has 1 rings (SSSR count). The number of H-pyrrole nitrogens is 1. The van der Waals surface area contributed by atoms with Crippen LogP contribution in [0.5, 0.6) is 0 Å². The van der Waals surface area contributed by atoms with Gasteiger partial charge in [0.15, 0.2) is 5.12 Å². The van der Waals surface area contributed by atoms with E-state index in [9.17, 15) is 22.8 Å². The topological polar surface area (TPSA) is 49.9 Å². The van der Waals surface area contributed by atoms with Crippen molar-refractivity contribution >= 4 is 16.9 Å². The van der Waals surface area contributed by atoms with Gasteiger partial charge in [0, 0.05) is 30.9 Å². The number of hydrogen-bond donors (Lipinski definition) is 1. The van der Waals surface area contributed by atoms with Crippen molar-refractivity contribution in [3.05, 3.63) is 33.7 Å². The van der Waals surface area contributed by atoms with E-state index in [-0.39, 0.29) is 10.7 Å². The minimum absolute atomic E-state index is 0.0369. The van der Waals surface area contributed by atoms with Crippen molar-refractivity contribution in [2.24, 2.45) is 0 Å². The summed E-state index contributed by atoms with van der Waals surface area (Å²) in [5, 5.41) is -0.0369. The Morgan fingerprint density at radius 3 is 2.74 bits per heavy atom. The molecule has 0 aromatic carbocycles. The lowest BCUT2D eigenvalue weighted by Gasteiger charge is -2.04. The molecule has 0 amide bonds. The highest BCUT2D eigenvalue weighted by Gasteiger charge is 2.33. The maximum Gasteiger partial charge on any atom is 0.421 e. The van der Waals surface area contributed by atoms with Crippen molar-refractivity contribution < 1.29 is 18.0 Å². The molecule has 0 unspecified atom stereocenters. The van der Waals surface area contributed by atoms with Crippen LogP contribution in [0.4, 0.5) is 13.2 Å². The second kappa shape index (κ2) is 6.48. The highest BCUT2D eigenvalue weighted by Crippen LogP contribution is 2.26. The van der Waals surface area contributed by atoms with Crippen LogP contribution in [0.15, 0.2) is 17.1 Å². The molecule has 0 aliphatic heterocycles. The first-order chi connectivity index (χ1) is 8.80. The van der Waals surface area contributed by atoms with E-state index in [1.807, 2.05) is 4.98 Å². The molecular formula is C12H10F3NO2S. The number of nitrogens with one attached hydrogen (secondary N) is 1. The quantitative estimate of drug-likeness (QED) is 0.672. The second-order valence-electron chi connectivity index (χ2n) is 3.52. The molecule has 1 N–H and O–H groups in total. The van der Waals surface area contributed by atoms with Gasteiger partial charge in [-0.3, -0.25) is 9.59 Å². The summed E-state index contributed by atoms with van der Waals surface area (Å²) < 4.78 is 37.4. The van der Waals surface area contributed by atoms with E-state index in [0.717, 1.165) is 18.0 Å². The molecule has 0 fully saturated rings. The maximum atomic E-state index is 12.5. The molecule has 0 aliphatic rings. The van der Waals surface area contributed by atoms with E-state index in [1.54, 1.807) is 0 Å². The summed E-state index contributed by atoms with van der Waals surface area (Å²) in [6.07, 6.45) is -3.19. The summed E-state index contributed by atoms with van der Waals surface area (Å²) in [6, 6.07) is 0.712. The number of aromatic nitrogens is 1. The molecule has 0 atom stereocenters. The van der Waals surface area contributed by atoms with Gasteiger partial charge in [-0.2, -0.15) is 13.2 Å². The average molecular weight is 289 g/mol. The monoisotopic (exact) mass is 289 g/mol. The molecule has 1 heterocycles. The van der Waals surface area contributed by atoms with E-state index < -0.39 is 17.3 Å². The van der Waals surface area contributed by atoms with E-state index in [2.05, 4.69) is 11.8 Å². The van der Waals surface area contributed by atoms with Gasteiger partial charge in [-0.1, -0.05) is 23.6 Å². The van der Waals surface area contributed by atoms with Crippen molar-refractivity contribution in [3.8, 4) is 11.8 Å². The predicted molar refractivity (Wildman–Crippen MR) is 66.7 cm³/mol. The van der Waals surface area contributed by atoms with Crippen LogP contribution in [0.25, 0.3) is 0 Å². The van der Waals surface area contributed by atoms with E-state index in [0.29, 0.717) is 18.2 Å². The molecule has 0 spiro atoms. The van der Waals surface area contributed by atoms with Crippen LogP contribution in [0.1, 0.15) is 24.5 Å². The van der Waals surface area contributed by atoms with Crippen molar-refractivity contribution in [1.82, 2.24) is 4.98 Å². The molecule has 0 radical (unpaired) electrons. The Kier molecular flexibility index (Phi) is 5.24. The van der Waals surface area contributed by atoms with Gasteiger partial charge in [0.1, 0.15) is 5.56 Å². The Hall–Kier alpha value is -1.68. The molecular weight excluding hydrogens is 279 g/mol. The molecule has 102 valence electrons. The summed E-state index contributed by atoms with van der Waals surface area (Å²) in [4.78, 5) is 23.6. The molecule has 0 saturated carbocycles. The van der Waals surface area contributed by atoms with Crippen LogP contribution in [-0.2, 0) is 11.0 Å². The minimum Gasteiger partial charge on any atom is -0.327 e. The number of pyridine rings is 1. The minimum atomic E-state index is -4.70. The zero-order valence-electron chi connectivity index (χ0n) is 9.93. The Labute approximate surface area is 111 Å². The van der Waals surface area contributed by atoms with E-state index in [4.69, 9.17) is 0 Å². The van der Waals surface area contributed by atoms with Crippen LogP contribution in [-0.4, -0.2) is 15.9 Å². The fraction of sp³-hybridized carbons (Fsp3) is 0.333. The molecule has 0 saturated heterocycles. The normalized spacial score (nSPS) is 10.7. The molecule has 0 bridgehead atoms. The van der Waals surface area contributed by atoms with Crippen molar-refractivity contribution in [2.75, 3.05) is 5.75 Å². The lowest BCUT2D eigenvalue weighted by Crippen LogP contribution is -2.21. The van der Waals surface area contributed by atoms with Gasteiger partial charge < -0.3 is 4.98 Å². The third kappa shape index (κ3) is 5.22. The number of rotatable bonds is 2. The van der Waals surface area contributed by atoms with Gasteiger partial charge in [-0.15, -0.1) is 0 Å². The van der Waals surface area contributed by atoms with Gasteiger partial charge in [0.05, 0.1) is 0 Å². The molecule has 1 aromatic rings. The predicted octanol–water partition coefficient (Wildman–Crippen LogP) is 2.42. The van der Waals surface area contributed by atoms with Gasteiger partial charge >= 0.3 is 6.18 Å². The third-order valence-corrected chi connectivity index (χ3v) is 2.79. The number of aromatic amines is 1. The van der Waals surface area contributed by atoms with E-state index in [1.165, 1.54) is 6.92 Å². The number of alkyl halides is 3. The smallest absolute Gasteiger partial charge is 0.327 e. The average Bonchev–Trinajstić information content (AvgIpc) is 2.28. The standard InChI is InChI=1S/C12H10F3NO2S/c1-8(17)19-5-3-2-4-9-6-10(12(13,14)15)11(18)16-7-9/h6-7H,3,5H2,1H3,(H,16,18). The zero-order chi connectivity index (χ0) is 14.5. The van der Waals surface area contributed by atoms with Crippen LogP contribution >= 0.6 is 11.8 Å². The van der Waals surface area contributed by atoms with Crippen LogP contribution in [0.2, 0.25) is 0 Å². The third-order valence-electron chi connectivity index (χ3n) is 1.97. The van der Waals surface area contributed by atoms with Crippen LogP contribution < -0.4 is 5.56 Å². The Morgan fingerprint density at radius 1 is 1.47 bits per heavy atom. The summed E-state index contributed by atoms with van der Waals surface area (Å²) in [5.74, 6) is 5.64. The number of halogens is 3. The van der Waals surface area contributed by atoms with Gasteiger partial charge in [-0.05, 0) is 6.07 Å². The Bertz CT molecular complexity index is 581.